The molecule has 8 heteroatoms. The topological polar surface area (TPSA) is 85.1 Å². The third kappa shape index (κ3) is 3.57. The number of nitrogen functional groups attached to an aromatic ring is 1. The van der Waals surface area contributed by atoms with Gasteiger partial charge in [0.1, 0.15) is 4.90 Å². The van der Waals surface area contributed by atoms with Crippen LogP contribution in [0.15, 0.2) is 39.1 Å². The molecule has 0 bridgehead atoms. The predicted octanol–water partition coefficient (Wildman–Crippen LogP) is 2.57. The Labute approximate surface area is 130 Å². The Balaban J connectivity index is 2.11. The second kappa shape index (κ2) is 6.21. The summed E-state index contributed by atoms with van der Waals surface area (Å²) < 4.78 is 27.7. The average Bonchev–Trinajstić information content (AvgIpc) is 2.89. The first-order chi connectivity index (χ1) is 9.40. The van der Waals surface area contributed by atoms with E-state index in [0.717, 1.165) is 9.48 Å². The number of anilines is 1. The molecule has 108 valence electrons. The Bertz CT molecular complexity index is 687. The van der Waals surface area contributed by atoms with Crippen molar-refractivity contribution < 1.29 is 8.42 Å². The number of sulfonamides is 1. The summed E-state index contributed by atoms with van der Waals surface area (Å²) in [6.07, 6.45) is 1.71. The van der Waals surface area contributed by atoms with Gasteiger partial charge in [0, 0.05) is 28.5 Å². The van der Waals surface area contributed by atoms with Crippen molar-refractivity contribution in [3.05, 3.63) is 39.3 Å². The van der Waals surface area contributed by atoms with E-state index in [2.05, 4.69) is 25.6 Å². The Hall–Kier alpha value is -0.960. The van der Waals surface area contributed by atoms with Gasteiger partial charge in [-0.2, -0.15) is 0 Å². The lowest BCUT2D eigenvalue weighted by atomic mass is 10.2. The lowest BCUT2D eigenvalue weighted by Gasteiger charge is -2.12. The number of hydrogen-bond acceptors (Lipinski definition) is 5. The van der Waals surface area contributed by atoms with Gasteiger partial charge in [-0.25, -0.2) is 18.1 Å². The Morgan fingerprint density at radius 1 is 1.50 bits per heavy atom. The molecular formula is C12H14BrN3O2S2. The number of halogens is 1. The first kappa shape index (κ1) is 15.4. The fraction of sp³-hybridized carbons (Fsp3) is 0.250. The van der Waals surface area contributed by atoms with Crippen LogP contribution >= 0.6 is 27.3 Å². The van der Waals surface area contributed by atoms with Crippen LogP contribution in [0.1, 0.15) is 17.8 Å². The third-order valence-corrected chi connectivity index (χ3v) is 5.71. The predicted molar refractivity (Wildman–Crippen MR) is 84.3 cm³/mol. The van der Waals surface area contributed by atoms with Crippen molar-refractivity contribution in [2.24, 2.45) is 0 Å². The van der Waals surface area contributed by atoms with Gasteiger partial charge in [0.15, 0.2) is 0 Å². The van der Waals surface area contributed by atoms with Crippen molar-refractivity contribution in [2.75, 3.05) is 12.3 Å². The van der Waals surface area contributed by atoms with Crippen LogP contribution in [0.4, 0.5) is 5.69 Å². The van der Waals surface area contributed by atoms with Crippen LogP contribution in [-0.4, -0.2) is 19.9 Å². The van der Waals surface area contributed by atoms with Gasteiger partial charge in [-0.3, -0.25) is 0 Å². The highest BCUT2D eigenvalue weighted by molar-refractivity contribution is 9.10. The molecule has 2 rings (SSSR count). The van der Waals surface area contributed by atoms with E-state index in [0.29, 0.717) is 0 Å². The lowest BCUT2D eigenvalue weighted by molar-refractivity contribution is 0.575. The maximum absolute atomic E-state index is 12.2. The van der Waals surface area contributed by atoms with E-state index in [-0.39, 0.29) is 23.0 Å². The maximum Gasteiger partial charge on any atom is 0.242 e. The normalized spacial score (nSPS) is 13.3. The molecule has 0 aliphatic rings. The highest BCUT2D eigenvalue weighted by Gasteiger charge is 2.19. The monoisotopic (exact) mass is 375 g/mol. The zero-order valence-electron chi connectivity index (χ0n) is 10.7. The van der Waals surface area contributed by atoms with Gasteiger partial charge >= 0.3 is 0 Å². The summed E-state index contributed by atoms with van der Waals surface area (Å²) in [6.45, 7) is 2.21. The second-order valence-electron chi connectivity index (χ2n) is 4.31. The second-order valence-corrected chi connectivity index (χ2v) is 7.88. The molecule has 0 radical (unpaired) electrons. The summed E-state index contributed by atoms with van der Waals surface area (Å²) in [5, 5.41) is 2.77. The van der Waals surface area contributed by atoms with Gasteiger partial charge in [0.05, 0.1) is 10.7 Å². The van der Waals surface area contributed by atoms with Gasteiger partial charge in [-0.05, 0) is 18.2 Å². The summed E-state index contributed by atoms with van der Waals surface area (Å²) in [4.78, 5) is 4.26. The molecule has 0 fully saturated rings. The maximum atomic E-state index is 12.2. The Morgan fingerprint density at radius 2 is 2.25 bits per heavy atom. The first-order valence-corrected chi connectivity index (χ1v) is 9.00. The van der Waals surface area contributed by atoms with Crippen molar-refractivity contribution >= 4 is 43.0 Å². The van der Waals surface area contributed by atoms with Gasteiger partial charge in [-0.15, -0.1) is 11.3 Å². The number of rotatable bonds is 5. The molecule has 1 unspecified atom stereocenters. The number of thiazole rings is 1. The summed E-state index contributed by atoms with van der Waals surface area (Å²) in [5.41, 5.74) is 5.97. The highest BCUT2D eigenvalue weighted by atomic mass is 79.9. The van der Waals surface area contributed by atoms with Crippen molar-refractivity contribution in [2.45, 2.75) is 17.7 Å². The molecule has 1 aromatic carbocycles. The van der Waals surface area contributed by atoms with E-state index in [1.807, 2.05) is 12.3 Å². The van der Waals surface area contributed by atoms with Crippen LogP contribution in [0, 0.1) is 0 Å². The van der Waals surface area contributed by atoms with E-state index >= 15 is 0 Å². The highest BCUT2D eigenvalue weighted by Crippen LogP contribution is 2.23. The Morgan fingerprint density at radius 3 is 2.85 bits per heavy atom. The summed E-state index contributed by atoms with van der Waals surface area (Å²) in [5.74, 6) is 0.0152. The fourth-order valence-corrected chi connectivity index (χ4v) is 3.96. The summed E-state index contributed by atoms with van der Waals surface area (Å²) in [6, 6.07) is 4.70. The molecule has 20 heavy (non-hydrogen) atoms. The number of benzene rings is 1. The summed E-state index contributed by atoms with van der Waals surface area (Å²) in [7, 11) is -3.61. The molecule has 0 amide bonds. The number of nitrogens with zero attached hydrogens (tertiary/aromatic N) is 1. The SMILES string of the molecule is CC(CNS(=O)(=O)c1ccc(Br)cc1N)c1nccs1. The van der Waals surface area contributed by atoms with E-state index in [1.54, 1.807) is 18.3 Å². The van der Waals surface area contributed by atoms with Crippen LogP contribution in [0.5, 0.6) is 0 Å². The van der Waals surface area contributed by atoms with Gasteiger partial charge in [0.25, 0.3) is 0 Å². The van der Waals surface area contributed by atoms with Crippen LogP contribution in [-0.2, 0) is 10.0 Å². The van der Waals surface area contributed by atoms with Crippen molar-refractivity contribution in [3.63, 3.8) is 0 Å². The molecule has 0 aliphatic carbocycles. The molecular weight excluding hydrogens is 362 g/mol. The number of nitrogens with two attached hydrogens (primary N) is 1. The number of nitrogens with one attached hydrogen (secondary N) is 1. The molecule has 1 atom stereocenters. The fourth-order valence-electron chi connectivity index (χ4n) is 1.64. The minimum Gasteiger partial charge on any atom is -0.398 e. The molecule has 1 heterocycles. The molecule has 0 aliphatic heterocycles. The van der Waals surface area contributed by atoms with E-state index < -0.39 is 10.0 Å². The van der Waals surface area contributed by atoms with Crippen molar-refractivity contribution in [3.8, 4) is 0 Å². The molecule has 0 saturated carbocycles. The molecule has 0 saturated heterocycles. The van der Waals surface area contributed by atoms with Crippen molar-refractivity contribution in [1.29, 1.82) is 0 Å². The number of aromatic nitrogens is 1. The molecule has 0 spiro atoms. The number of hydrogen-bond donors (Lipinski definition) is 2. The average molecular weight is 376 g/mol. The Kier molecular flexibility index (Phi) is 4.79. The van der Waals surface area contributed by atoms with E-state index in [4.69, 9.17) is 5.73 Å². The van der Waals surface area contributed by atoms with Gasteiger partial charge in [0.2, 0.25) is 10.0 Å². The minimum absolute atomic E-state index is 0.0152. The van der Waals surface area contributed by atoms with Gasteiger partial charge < -0.3 is 5.73 Å². The van der Waals surface area contributed by atoms with Crippen LogP contribution in [0.3, 0.4) is 0 Å². The quantitative estimate of drug-likeness (QED) is 0.786. The zero-order valence-corrected chi connectivity index (χ0v) is 13.9. The zero-order chi connectivity index (χ0) is 14.8. The molecule has 5 nitrogen and oxygen atoms in total. The first-order valence-electron chi connectivity index (χ1n) is 5.84. The van der Waals surface area contributed by atoms with Crippen LogP contribution < -0.4 is 10.5 Å². The van der Waals surface area contributed by atoms with Gasteiger partial charge in [-0.1, -0.05) is 22.9 Å². The third-order valence-electron chi connectivity index (χ3n) is 2.71. The van der Waals surface area contributed by atoms with Crippen LogP contribution in [0.2, 0.25) is 0 Å². The van der Waals surface area contributed by atoms with Crippen molar-refractivity contribution in [1.82, 2.24) is 9.71 Å². The van der Waals surface area contributed by atoms with E-state index in [1.165, 1.54) is 17.4 Å². The largest absolute Gasteiger partial charge is 0.398 e. The molecule has 1 aromatic heterocycles. The van der Waals surface area contributed by atoms with Crippen LogP contribution in [0.25, 0.3) is 0 Å². The standard InChI is InChI=1S/C12H14BrN3O2S2/c1-8(12-15-4-5-19-12)7-16-20(17,18)11-3-2-9(13)6-10(11)14/h2-6,8,16H,7,14H2,1H3. The lowest BCUT2D eigenvalue weighted by Crippen LogP contribution is -2.28. The minimum atomic E-state index is -3.61. The summed E-state index contributed by atoms with van der Waals surface area (Å²) >= 11 is 4.75. The molecule has 2 aromatic rings. The van der Waals surface area contributed by atoms with E-state index in [9.17, 15) is 8.42 Å². The smallest absolute Gasteiger partial charge is 0.242 e. The molecule has 3 N–H and O–H groups in total.